The lowest BCUT2D eigenvalue weighted by atomic mass is 9.78. The van der Waals surface area contributed by atoms with Gasteiger partial charge in [-0.3, -0.25) is 9.59 Å². The van der Waals surface area contributed by atoms with Gasteiger partial charge in [-0.1, -0.05) is 37.1 Å². The molecule has 0 bridgehead atoms. The fourth-order valence-corrected chi connectivity index (χ4v) is 6.25. The van der Waals surface area contributed by atoms with E-state index in [9.17, 15) is 22.4 Å². The van der Waals surface area contributed by atoms with Crippen LogP contribution in [0.15, 0.2) is 53.4 Å². The van der Waals surface area contributed by atoms with Crippen LogP contribution in [0, 0.1) is 5.82 Å². The summed E-state index contributed by atoms with van der Waals surface area (Å²) >= 11 is 0. The summed E-state index contributed by atoms with van der Waals surface area (Å²) in [5.41, 5.74) is -0.497. The first kappa shape index (κ1) is 23.4. The number of anilines is 1. The SMILES string of the molecule is O=C(COC(=O)C1(c2ccccc2F)CCCC1)Nc1cccc(S(=O)(=O)N2CCCC2)c1. The van der Waals surface area contributed by atoms with E-state index < -0.39 is 39.7 Å². The Kier molecular flexibility index (Phi) is 6.81. The highest BCUT2D eigenvalue weighted by molar-refractivity contribution is 7.89. The van der Waals surface area contributed by atoms with Crippen molar-refractivity contribution in [2.45, 2.75) is 48.8 Å². The first-order chi connectivity index (χ1) is 15.8. The molecule has 0 aromatic heterocycles. The van der Waals surface area contributed by atoms with Crippen molar-refractivity contribution in [1.29, 1.82) is 0 Å². The number of nitrogens with zero attached hydrogens (tertiary/aromatic N) is 1. The van der Waals surface area contributed by atoms with Gasteiger partial charge in [-0.15, -0.1) is 0 Å². The number of carbonyl (C=O) groups excluding carboxylic acids is 2. The van der Waals surface area contributed by atoms with Crippen LogP contribution in [0.4, 0.5) is 10.1 Å². The maximum absolute atomic E-state index is 14.4. The number of halogens is 1. The molecule has 1 N–H and O–H groups in total. The van der Waals surface area contributed by atoms with E-state index in [1.807, 2.05) is 0 Å². The third-order valence-electron chi connectivity index (χ3n) is 6.39. The minimum absolute atomic E-state index is 0.101. The van der Waals surface area contributed by atoms with Crippen molar-refractivity contribution in [2.24, 2.45) is 0 Å². The van der Waals surface area contributed by atoms with Crippen molar-refractivity contribution in [3.63, 3.8) is 0 Å². The average molecular weight is 475 g/mol. The largest absolute Gasteiger partial charge is 0.455 e. The monoisotopic (exact) mass is 474 g/mol. The number of esters is 1. The van der Waals surface area contributed by atoms with Crippen molar-refractivity contribution in [3.8, 4) is 0 Å². The van der Waals surface area contributed by atoms with Crippen LogP contribution in [0.25, 0.3) is 0 Å². The van der Waals surface area contributed by atoms with Crippen molar-refractivity contribution in [1.82, 2.24) is 4.31 Å². The topological polar surface area (TPSA) is 92.8 Å². The molecule has 4 rings (SSSR count). The van der Waals surface area contributed by atoms with Crippen LogP contribution in [-0.2, 0) is 29.8 Å². The molecule has 1 amide bonds. The van der Waals surface area contributed by atoms with E-state index in [0.717, 1.165) is 25.7 Å². The van der Waals surface area contributed by atoms with Gasteiger partial charge in [-0.25, -0.2) is 12.8 Å². The normalized spacial score (nSPS) is 18.2. The van der Waals surface area contributed by atoms with Crippen LogP contribution >= 0.6 is 0 Å². The molecule has 2 aliphatic rings. The molecular weight excluding hydrogens is 447 g/mol. The lowest BCUT2D eigenvalue weighted by Crippen LogP contribution is -2.37. The smallest absolute Gasteiger partial charge is 0.317 e. The van der Waals surface area contributed by atoms with E-state index in [2.05, 4.69) is 5.32 Å². The van der Waals surface area contributed by atoms with Gasteiger partial charge in [0.1, 0.15) is 5.82 Å². The zero-order chi connectivity index (χ0) is 23.5. The van der Waals surface area contributed by atoms with Crippen molar-refractivity contribution < 1.29 is 27.1 Å². The molecule has 2 aromatic carbocycles. The van der Waals surface area contributed by atoms with Gasteiger partial charge in [-0.2, -0.15) is 4.31 Å². The Balaban J connectivity index is 1.41. The van der Waals surface area contributed by atoms with Crippen LogP contribution in [0.2, 0.25) is 0 Å². The molecule has 1 aliphatic heterocycles. The van der Waals surface area contributed by atoms with Gasteiger partial charge in [0.25, 0.3) is 5.91 Å². The molecule has 0 unspecified atom stereocenters. The first-order valence-corrected chi connectivity index (χ1v) is 12.6. The second kappa shape index (κ2) is 9.61. The summed E-state index contributed by atoms with van der Waals surface area (Å²) in [5.74, 6) is -1.68. The van der Waals surface area contributed by atoms with Gasteiger partial charge >= 0.3 is 5.97 Å². The number of benzene rings is 2. The molecule has 1 heterocycles. The Hall–Kier alpha value is -2.78. The summed E-state index contributed by atoms with van der Waals surface area (Å²) in [7, 11) is -3.62. The van der Waals surface area contributed by atoms with Crippen LogP contribution in [0.3, 0.4) is 0 Å². The van der Waals surface area contributed by atoms with E-state index >= 15 is 0 Å². The van der Waals surface area contributed by atoms with Crippen molar-refractivity contribution in [2.75, 3.05) is 25.0 Å². The van der Waals surface area contributed by atoms with Gasteiger partial charge in [0.15, 0.2) is 6.61 Å². The highest BCUT2D eigenvalue weighted by Crippen LogP contribution is 2.43. The molecule has 2 aromatic rings. The lowest BCUT2D eigenvalue weighted by Gasteiger charge is -2.27. The van der Waals surface area contributed by atoms with E-state index in [1.54, 1.807) is 30.3 Å². The highest BCUT2D eigenvalue weighted by Gasteiger charge is 2.46. The Morgan fingerprint density at radius 2 is 1.70 bits per heavy atom. The number of ether oxygens (including phenoxy) is 1. The Labute approximate surface area is 193 Å². The van der Waals surface area contributed by atoms with Crippen LogP contribution < -0.4 is 5.32 Å². The molecule has 176 valence electrons. The molecule has 0 spiro atoms. The molecule has 0 atom stereocenters. The van der Waals surface area contributed by atoms with Crippen molar-refractivity contribution in [3.05, 3.63) is 59.9 Å². The fraction of sp³-hybridized carbons (Fsp3) is 0.417. The molecule has 2 fully saturated rings. The Bertz CT molecular complexity index is 1140. The summed E-state index contributed by atoms with van der Waals surface area (Å²) in [6, 6.07) is 12.2. The third kappa shape index (κ3) is 4.79. The standard InChI is InChI=1S/C24H27FN2O5S/c25-21-11-2-1-10-20(21)24(12-3-4-13-24)23(29)32-17-22(28)26-18-8-7-9-19(16-18)33(30,31)27-14-5-6-15-27/h1-2,7-11,16H,3-6,12-15,17H2,(H,26,28). The van der Waals surface area contributed by atoms with Crippen LogP contribution in [0.1, 0.15) is 44.1 Å². The number of hydrogen-bond donors (Lipinski definition) is 1. The molecule has 1 saturated carbocycles. The summed E-state index contributed by atoms with van der Waals surface area (Å²) in [4.78, 5) is 25.5. The van der Waals surface area contributed by atoms with Gasteiger partial charge in [0.2, 0.25) is 10.0 Å². The van der Waals surface area contributed by atoms with Crippen LogP contribution in [0.5, 0.6) is 0 Å². The zero-order valence-electron chi connectivity index (χ0n) is 18.3. The summed E-state index contributed by atoms with van der Waals surface area (Å²) in [6.07, 6.45) is 4.13. The van der Waals surface area contributed by atoms with Gasteiger partial charge in [0, 0.05) is 24.3 Å². The molecule has 1 aliphatic carbocycles. The maximum Gasteiger partial charge on any atom is 0.317 e. The predicted molar refractivity (Wildman–Crippen MR) is 121 cm³/mol. The molecular formula is C24H27FN2O5S. The van der Waals surface area contributed by atoms with Gasteiger partial charge in [0.05, 0.1) is 10.3 Å². The number of nitrogens with one attached hydrogen (secondary N) is 1. The molecule has 1 saturated heterocycles. The zero-order valence-corrected chi connectivity index (χ0v) is 19.1. The van der Waals surface area contributed by atoms with Crippen molar-refractivity contribution >= 4 is 27.6 Å². The van der Waals surface area contributed by atoms with Gasteiger partial charge < -0.3 is 10.1 Å². The Morgan fingerprint density at radius 1 is 1.00 bits per heavy atom. The number of sulfonamides is 1. The summed E-state index contributed by atoms with van der Waals surface area (Å²) < 4.78 is 46.7. The number of rotatable bonds is 7. The van der Waals surface area contributed by atoms with Gasteiger partial charge in [-0.05, 0) is 49.9 Å². The summed E-state index contributed by atoms with van der Waals surface area (Å²) in [6.45, 7) is 0.426. The fourth-order valence-electron chi connectivity index (χ4n) is 4.69. The number of hydrogen-bond acceptors (Lipinski definition) is 5. The minimum Gasteiger partial charge on any atom is -0.455 e. The number of carbonyl (C=O) groups is 2. The van der Waals surface area contributed by atoms with E-state index in [1.165, 1.54) is 22.5 Å². The molecule has 33 heavy (non-hydrogen) atoms. The molecule has 0 radical (unpaired) electrons. The third-order valence-corrected chi connectivity index (χ3v) is 8.29. The second-order valence-corrected chi connectivity index (χ2v) is 10.5. The molecule has 9 heteroatoms. The quantitative estimate of drug-likeness (QED) is 0.619. The van der Waals surface area contributed by atoms with E-state index in [4.69, 9.17) is 4.74 Å². The highest BCUT2D eigenvalue weighted by atomic mass is 32.2. The minimum atomic E-state index is -3.62. The van der Waals surface area contributed by atoms with E-state index in [-0.39, 0.29) is 4.90 Å². The first-order valence-electron chi connectivity index (χ1n) is 11.2. The Morgan fingerprint density at radius 3 is 2.39 bits per heavy atom. The van der Waals surface area contributed by atoms with Crippen LogP contribution in [-0.4, -0.2) is 44.3 Å². The molecule has 7 nitrogen and oxygen atoms in total. The van der Waals surface area contributed by atoms with E-state index in [0.29, 0.717) is 37.2 Å². The maximum atomic E-state index is 14.4. The summed E-state index contributed by atoms with van der Waals surface area (Å²) in [5, 5.41) is 2.58. The lowest BCUT2D eigenvalue weighted by molar-refractivity contribution is -0.153. The second-order valence-electron chi connectivity index (χ2n) is 8.53. The predicted octanol–water partition coefficient (Wildman–Crippen LogP) is 3.60. The average Bonchev–Trinajstić information content (AvgIpc) is 3.51. The number of amides is 1.